The molecule has 10 heteroatoms. The van der Waals surface area contributed by atoms with E-state index in [1.807, 2.05) is 0 Å². The predicted octanol–water partition coefficient (Wildman–Crippen LogP) is 4.39. The van der Waals surface area contributed by atoms with E-state index in [1.165, 1.54) is 24.5 Å². The molecule has 0 bridgehead atoms. The molecule has 4 rings (SSSR count). The van der Waals surface area contributed by atoms with Crippen LogP contribution in [-0.4, -0.2) is 46.5 Å². The Hall–Kier alpha value is -2.29. The van der Waals surface area contributed by atoms with Gasteiger partial charge in [0, 0.05) is 18.1 Å². The second kappa shape index (κ2) is 8.68. The van der Waals surface area contributed by atoms with Crippen molar-refractivity contribution in [3.05, 3.63) is 49.1 Å². The van der Waals surface area contributed by atoms with E-state index < -0.39 is 16.6 Å². The van der Waals surface area contributed by atoms with E-state index >= 15 is 0 Å². The summed E-state index contributed by atoms with van der Waals surface area (Å²) in [6.45, 7) is 3.06. The average Bonchev–Trinajstić information content (AvgIpc) is 2.98. The quantitative estimate of drug-likeness (QED) is 0.605. The normalized spacial score (nSPS) is 19.1. The van der Waals surface area contributed by atoms with Gasteiger partial charge >= 0.3 is 0 Å². The summed E-state index contributed by atoms with van der Waals surface area (Å²) >= 11 is 12.7. The van der Waals surface area contributed by atoms with Crippen molar-refractivity contribution in [2.24, 2.45) is 5.92 Å². The highest BCUT2D eigenvalue weighted by atomic mass is 35.5. The van der Waals surface area contributed by atoms with Gasteiger partial charge in [-0.3, -0.25) is 24.1 Å². The summed E-state index contributed by atoms with van der Waals surface area (Å²) in [5.74, 6) is -0.315. The van der Waals surface area contributed by atoms with Crippen LogP contribution >= 0.6 is 35.0 Å². The lowest BCUT2D eigenvalue weighted by Gasteiger charge is -2.31. The van der Waals surface area contributed by atoms with E-state index in [0.717, 1.165) is 17.7 Å². The number of carbonyl (C=O) groups is 3. The van der Waals surface area contributed by atoms with Gasteiger partial charge in [-0.25, -0.2) is 0 Å². The van der Waals surface area contributed by atoms with Gasteiger partial charge in [-0.1, -0.05) is 30.1 Å². The Bertz CT molecular complexity index is 1180. The third kappa shape index (κ3) is 4.37. The zero-order valence-corrected chi connectivity index (χ0v) is 18.9. The van der Waals surface area contributed by atoms with E-state index in [2.05, 4.69) is 6.92 Å². The number of piperidine rings is 1. The Morgan fingerprint density at radius 3 is 2.65 bits per heavy atom. The van der Waals surface area contributed by atoms with Crippen LogP contribution < -0.4 is 5.43 Å². The van der Waals surface area contributed by atoms with Gasteiger partial charge in [-0.2, -0.15) is 0 Å². The summed E-state index contributed by atoms with van der Waals surface area (Å²) < 4.78 is 5.45. The van der Waals surface area contributed by atoms with Crippen LogP contribution in [0.1, 0.15) is 25.3 Å². The molecular formula is C21H18Cl2N2O5S. The van der Waals surface area contributed by atoms with Gasteiger partial charge in [0.25, 0.3) is 11.1 Å². The molecule has 2 fully saturated rings. The number of fused-ring (bicyclic) bond motifs is 1. The first-order valence-corrected chi connectivity index (χ1v) is 11.3. The number of imide groups is 1. The van der Waals surface area contributed by atoms with Gasteiger partial charge in [0.2, 0.25) is 5.91 Å². The smallest absolute Gasteiger partial charge is 0.294 e. The Kier molecular flexibility index (Phi) is 6.14. The van der Waals surface area contributed by atoms with Gasteiger partial charge in [0.1, 0.15) is 12.8 Å². The van der Waals surface area contributed by atoms with Crippen LogP contribution in [-0.2, 0) is 9.59 Å². The van der Waals surface area contributed by atoms with E-state index in [1.54, 1.807) is 4.90 Å². The van der Waals surface area contributed by atoms with Crippen LogP contribution in [0.3, 0.4) is 0 Å². The summed E-state index contributed by atoms with van der Waals surface area (Å²) in [5.41, 5.74) is -0.175. The largest absolute Gasteiger partial charge is 0.462 e. The number of nitrogens with zero attached hydrogens (tertiary/aromatic N) is 2. The maximum Gasteiger partial charge on any atom is 0.294 e. The van der Waals surface area contributed by atoms with Crippen LogP contribution in [0.15, 0.2) is 32.5 Å². The topological polar surface area (TPSA) is 87.9 Å². The standard InChI is InChI=1S/C21H18Cl2N2O5S/c1-11-2-4-24(5-3-11)17(26)9-25-20(28)16(31-21(25)29)6-12-10-30-19-14(18(12)27)7-13(22)8-15(19)23/h6-8,10-11H,2-5,9H2,1H3/b16-6-. The molecule has 0 N–H and O–H groups in total. The number of benzene rings is 1. The monoisotopic (exact) mass is 480 g/mol. The number of likely N-dealkylation sites (tertiary alicyclic amines) is 1. The number of carbonyl (C=O) groups excluding carboxylic acids is 3. The van der Waals surface area contributed by atoms with Crippen molar-refractivity contribution in [2.45, 2.75) is 19.8 Å². The van der Waals surface area contributed by atoms with Crippen LogP contribution in [0.25, 0.3) is 17.0 Å². The molecule has 0 radical (unpaired) electrons. The van der Waals surface area contributed by atoms with E-state index in [0.29, 0.717) is 30.8 Å². The minimum Gasteiger partial charge on any atom is -0.462 e. The number of thioether (sulfide) groups is 1. The van der Waals surface area contributed by atoms with Gasteiger partial charge in [0.15, 0.2) is 11.0 Å². The number of amides is 3. The summed E-state index contributed by atoms with van der Waals surface area (Å²) in [6.07, 6.45) is 4.27. The molecule has 3 amide bonds. The molecule has 2 aromatic rings. The molecule has 162 valence electrons. The molecule has 0 aliphatic carbocycles. The number of hydrogen-bond acceptors (Lipinski definition) is 6. The highest BCUT2D eigenvalue weighted by Crippen LogP contribution is 2.33. The fourth-order valence-corrected chi connectivity index (χ4v) is 4.92. The average molecular weight is 481 g/mol. The molecule has 2 aliphatic rings. The minimum absolute atomic E-state index is 0.0461. The van der Waals surface area contributed by atoms with Crippen LogP contribution in [0, 0.1) is 5.92 Å². The molecule has 0 saturated carbocycles. The first-order chi connectivity index (χ1) is 14.7. The van der Waals surface area contributed by atoms with Crippen molar-refractivity contribution in [3.63, 3.8) is 0 Å². The van der Waals surface area contributed by atoms with Crippen molar-refractivity contribution >= 4 is 69.1 Å². The van der Waals surface area contributed by atoms with Crippen LogP contribution in [0.5, 0.6) is 0 Å². The van der Waals surface area contributed by atoms with Crippen molar-refractivity contribution in [1.29, 1.82) is 0 Å². The SMILES string of the molecule is CC1CCN(C(=O)CN2C(=O)S/C(=C\c3coc4c(Cl)cc(Cl)cc4c3=O)C2=O)CC1. The summed E-state index contributed by atoms with van der Waals surface area (Å²) in [4.78, 5) is 53.1. The minimum atomic E-state index is -0.614. The van der Waals surface area contributed by atoms with Crippen molar-refractivity contribution < 1.29 is 18.8 Å². The zero-order valence-electron chi connectivity index (χ0n) is 16.5. The third-order valence-corrected chi connectivity index (χ3v) is 6.82. The fourth-order valence-electron chi connectivity index (χ4n) is 3.55. The van der Waals surface area contributed by atoms with Gasteiger partial charge in [-0.15, -0.1) is 0 Å². The van der Waals surface area contributed by atoms with Gasteiger partial charge < -0.3 is 9.32 Å². The lowest BCUT2D eigenvalue weighted by molar-refractivity contribution is -0.136. The number of halogens is 2. The van der Waals surface area contributed by atoms with Crippen LogP contribution in [0.4, 0.5) is 4.79 Å². The molecule has 0 atom stereocenters. The predicted molar refractivity (Wildman–Crippen MR) is 120 cm³/mol. The molecule has 0 spiro atoms. The van der Waals surface area contributed by atoms with Crippen molar-refractivity contribution in [2.75, 3.05) is 19.6 Å². The highest BCUT2D eigenvalue weighted by Gasteiger charge is 2.37. The van der Waals surface area contributed by atoms with Crippen molar-refractivity contribution in [1.82, 2.24) is 9.80 Å². The van der Waals surface area contributed by atoms with Crippen LogP contribution in [0.2, 0.25) is 10.0 Å². The fraction of sp³-hybridized carbons (Fsp3) is 0.333. The second-order valence-electron chi connectivity index (χ2n) is 7.62. The van der Waals surface area contributed by atoms with E-state index in [-0.39, 0.29) is 43.9 Å². The van der Waals surface area contributed by atoms with Gasteiger partial charge in [0.05, 0.1) is 20.9 Å². The summed E-state index contributed by atoms with van der Waals surface area (Å²) in [6, 6.07) is 2.88. The Morgan fingerprint density at radius 1 is 1.23 bits per heavy atom. The Morgan fingerprint density at radius 2 is 1.94 bits per heavy atom. The molecule has 2 saturated heterocycles. The lowest BCUT2D eigenvalue weighted by atomic mass is 9.99. The first kappa shape index (κ1) is 21.9. The maximum absolute atomic E-state index is 12.8. The molecular weight excluding hydrogens is 463 g/mol. The molecule has 1 aromatic heterocycles. The van der Waals surface area contributed by atoms with Gasteiger partial charge in [-0.05, 0) is 48.7 Å². The molecule has 7 nitrogen and oxygen atoms in total. The molecule has 1 aromatic carbocycles. The Labute approximate surface area is 191 Å². The summed E-state index contributed by atoms with van der Waals surface area (Å²) in [5, 5.41) is 0.0798. The lowest BCUT2D eigenvalue weighted by Crippen LogP contribution is -2.45. The number of rotatable bonds is 3. The molecule has 0 unspecified atom stereocenters. The molecule has 3 heterocycles. The first-order valence-electron chi connectivity index (χ1n) is 9.68. The Balaban J connectivity index is 1.57. The molecule has 31 heavy (non-hydrogen) atoms. The second-order valence-corrected chi connectivity index (χ2v) is 9.45. The number of hydrogen-bond donors (Lipinski definition) is 0. The summed E-state index contributed by atoms with van der Waals surface area (Å²) in [7, 11) is 0. The van der Waals surface area contributed by atoms with E-state index in [4.69, 9.17) is 27.6 Å². The molecule has 2 aliphatic heterocycles. The maximum atomic E-state index is 12.8. The highest BCUT2D eigenvalue weighted by molar-refractivity contribution is 8.18. The third-order valence-electron chi connectivity index (χ3n) is 5.41. The van der Waals surface area contributed by atoms with E-state index in [9.17, 15) is 19.2 Å². The van der Waals surface area contributed by atoms with Crippen molar-refractivity contribution in [3.8, 4) is 0 Å². The zero-order chi connectivity index (χ0) is 22.3.